The van der Waals surface area contributed by atoms with Gasteiger partial charge in [-0.2, -0.15) is 0 Å². The average Bonchev–Trinajstić information content (AvgIpc) is 2.10. The molecule has 0 aromatic heterocycles. The Hall–Kier alpha value is -1.06. The van der Waals surface area contributed by atoms with E-state index in [9.17, 15) is 9.59 Å². The number of nitrogens with zero attached hydrogens (tertiary/aromatic N) is 1. The van der Waals surface area contributed by atoms with E-state index in [2.05, 4.69) is 0 Å². The Morgan fingerprint density at radius 1 is 1.69 bits per heavy atom. The molecule has 0 aliphatic carbocycles. The van der Waals surface area contributed by atoms with Crippen LogP contribution in [-0.2, 0) is 14.3 Å². The van der Waals surface area contributed by atoms with E-state index in [-0.39, 0.29) is 17.8 Å². The largest absolute Gasteiger partial charge is 0.466 e. The van der Waals surface area contributed by atoms with Crippen molar-refractivity contribution in [3.05, 3.63) is 0 Å². The van der Waals surface area contributed by atoms with Gasteiger partial charge in [0.2, 0.25) is 5.91 Å². The number of esters is 1. The topological polar surface area (TPSA) is 46.6 Å². The third-order valence-corrected chi connectivity index (χ3v) is 2.25. The van der Waals surface area contributed by atoms with Crippen LogP contribution in [0.25, 0.3) is 0 Å². The summed E-state index contributed by atoms with van der Waals surface area (Å²) in [5.74, 6) is -0.190. The van der Waals surface area contributed by atoms with Gasteiger partial charge in [-0.15, -0.1) is 0 Å². The summed E-state index contributed by atoms with van der Waals surface area (Å²) in [6.45, 7) is 2.69. The molecule has 1 amide bonds. The first-order valence-corrected chi connectivity index (χ1v) is 4.55. The predicted molar refractivity (Wildman–Crippen MR) is 47.0 cm³/mol. The van der Waals surface area contributed by atoms with Crippen molar-refractivity contribution in [3.63, 3.8) is 0 Å². The third kappa shape index (κ3) is 2.44. The van der Waals surface area contributed by atoms with Crippen LogP contribution in [0, 0.1) is 5.92 Å². The fourth-order valence-electron chi connectivity index (χ4n) is 1.46. The minimum Gasteiger partial charge on any atom is -0.466 e. The molecule has 74 valence electrons. The van der Waals surface area contributed by atoms with Gasteiger partial charge in [0, 0.05) is 20.0 Å². The number of piperidine rings is 1. The second kappa shape index (κ2) is 4.25. The van der Waals surface area contributed by atoms with Crippen molar-refractivity contribution in [3.8, 4) is 0 Å². The Morgan fingerprint density at radius 3 is 2.92 bits per heavy atom. The van der Waals surface area contributed by atoms with Gasteiger partial charge < -0.3 is 9.64 Å². The first-order chi connectivity index (χ1) is 6.15. The van der Waals surface area contributed by atoms with Gasteiger partial charge in [-0.25, -0.2) is 0 Å². The zero-order valence-corrected chi connectivity index (χ0v) is 8.08. The fourth-order valence-corrected chi connectivity index (χ4v) is 1.46. The number of likely N-dealkylation sites (tertiary alicyclic amines) is 1. The van der Waals surface area contributed by atoms with E-state index in [1.807, 2.05) is 0 Å². The minimum absolute atomic E-state index is 0.112. The zero-order chi connectivity index (χ0) is 9.84. The maximum atomic E-state index is 11.3. The second-order valence-corrected chi connectivity index (χ2v) is 3.26. The molecular weight excluding hydrogens is 170 g/mol. The molecule has 1 heterocycles. The van der Waals surface area contributed by atoms with Crippen LogP contribution < -0.4 is 0 Å². The van der Waals surface area contributed by atoms with Crippen LogP contribution in [0.4, 0.5) is 0 Å². The summed E-state index contributed by atoms with van der Waals surface area (Å²) in [6, 6.07) is 0. The van der Waals surface area contributed by atoms with Crippen molar-refractivity contribution in [1.82, 2.24) is 4.90 Å². The van der Waals surface area contributed by atoms with Crippen LogP contribution in [0.3, 0.4) is 0 Å². The first-order valence-electron chi connectivity index (χ1n) is 4.55. The Labute approximate surface area is 77.8 Å². The van der Waals surface area contributed by atoms with Crippen LogP contribution in [-0.4, -0.2) is 37.0 Å². The van der Waals surface area contributed by atoms with Crippen molar-refractivity contribution in [1.29, 1.82) is 0 Å². The van der Waals surface area contributed by atoms with Crippen LogP contribution in [0.1, 0.15) is 19.8 Å². The van der Waals surface area contributed by atoms with E-state index < -0.39 is 0 Å². The van der Waals surface area contributed by atoms with Gasteiger partial charge >= 0.3 is 5.97 Å². The highest BCUT2D eigenvalue weighted by molar-refractivity contribution is 5.80. The highest BCUT2D eigenvalue weighted by atomic mass is 16.5. The molecule has 0 spiro atoms. The van der Waals surface area contributed by atoms with E-state index >= 15 is 0 Å². The van der Waals surface area contributed by atoms with Gasteiger partial charge in [0.15, 0.2) is 0 Å². The molecule has 0 saturated carbocycles. The van der Waals surface area contributed by atoms with Crippen molar-refractivity contribution in [2.24, 2.45) is 5.92 Å². The maximum Gasteiger partial charge on any atom is 0.310 e. The number of hydrogen-bond acceptors (Lipinski definition) is 3. The Balaban J connectivity index is 2.45. The molecule has 1 fully saturated rings. The maximum absolute atomic E-state index is 11.3. The van der Waals surface area contributed by atoms with Crippen molar-refractivity contribution in [2.75, 3.05) is 20.2 Å². The molecule has 0 aromatic carbocycles. The van der Waals surface area contributed by atoms with Crippen LogP contribution in [0.2, 0.25) is 0 Å². The van der Waals surface area contributed by atoms with E-state index in [1.165, 1.54) is 0 Å². The summed E-state index contributed by atoms with van der Waals surface area (Å²) in [5, 5.41) is 0. The number of carbonyl (C=O) groups excluding carboxylic acids is 2. The molecule has 1 aliphatic rings. The number of amides is 1. The van der Waals surface area contributed by atoms with E-state index in [0.29, 0.717) is 26.0 Å². The standard InChI is InChI=1S/C9H15NO3/c1-3-13-9(12)7-4-5-8(11)10(2)6-7/h7H,3-6H2,1-2H3/t7-/m0/s1. The van der Waals surface area contributed by atoms with E-state index in [1.54, 1.807) is 18.9 Å². The molecule has 1 rings (SSSR count). The molecule has 1 aliphatic heterocycles. The minimum atomic E-state index is -0.179. The van der Waals surface area contributed by atoms with Crippen molar-refractivity contribution < 1.29 is 14.3 Å². The molecule has 0 radical (unpaired) electrons. The first kappa shape index (κ1) is 10.0. The molecule has 0 bridgehead atoms. The molecule has 0 N–H and O–H groups in total. The lowest BCUT2D eigenvalue weighted by molar-refractivity contribution is -0.151. The van der Waals surface area contributed by atoms with Crippen LogP contribution >= 0.6 is 0 Å². The summed E-state index contributed by atoms with van der Waals surface area (Å²) < 4.78 is 4.89. The summed E-state index contributed by atoms with van der Waals surface area (Å²) in [5.41, 5.74) is 0. The predicted octanol–water partition coefficient (Wildman–Crippen LogP) is 0.418. The zero-order valence-electron chi connectivity index (χ0n) is 8.08. The number of rotatable bonds is 2. The van der Waals surface area contributed by atoms with Crippen LogP contribution in [0.5, 0.6) is 0 Å². The molecule has 4 heteroatoms. The van der Waals surface area contributed by atoms with Crippen molar-refractivity contribution in [2.45, 2.75) is 19.8 Å². The lowest BCUT2D eigenvalue weighted by atomic mass is 9.98. The number of hydrogen-bond donors (Lipinski definition) is 0. The van der Waals surface area contributed by atoms with E-state index in [0.717, 1.165) is 0 Å². The SMILES string of the molecule is CCOC(=O)[C@H]1CCC(=O)N(C)C1. The molecule has 0 unspecified atom stereocenters. The average molecular weight is 185 g/mol. The Kier molecular flexibility index (Phi) is 3.28. The summed E-state index contributed by atoms with van der Waals surface area (Å²) in [4.78, 5) is 24.0. The van der Waals surface area contributed by atoms with Gasteiger partial charge in [0.05, 0.1) is 12.5 Å². The smallest absolute Gasteiger partial charge is 0.310 e. The highest BCUT2D eigenvalue weighted by Crippen LogP contribution is 2.17. The molecule has 4 nitrogen and oxygen atoms in total. The van der Waals surface area contributed by atoms with Gasteiger partial charge in [0.1, 0.15) is 0 Å². The molecule has 13 heavy (non-hydrogen) atoms. The normalized spacial score (nSPS) is 23.1. The highest BCUT2D eigenvalue weighted by Gasteiger charge is 2.28. The van der Waals surface area contributed by atoms with Crippen molar-refractivity contribution >= 4 is 11.9 Å². The van der Waals surface area contributed by atoms with E-state index in [4.69, 9.17) is 4.74 Å². The summed E-state index contributed by atoms with van der Waals surface area (Å²) in [6.07, 6.45) is 1.09. The summed E-state index contributed by atoms with van der Waals surface area (Å²) >= 11 is 0. The third-order valence-electron chi connectivity index (χ3n) is 2.25. The molecular formula is C9H15NO3. The lowest BCUT2D eigenvalue weighted by Gasteiger charge is -2.27. The molecule has 1 atom stereocenters. The monoisotopic (exact) mass is 185 g/mol. The van der Waals surface area contributed by atoms with Crippen LogP contribution in [0.15, 0.2) is 0 Å². The van der Waals surface area contributed by atoms with Gasteiger partial charge in [-0.3, -0.25) is 9.59 Å². The number of carbonyl (C=O) groups is 2. The molecule has 0 aromatic rings. The quantitative estimate of drug-likeness (QED) is 0.586. The lowest BCUT2D eigenvalue weighted by Crippen LogP contribution is -2.40. The Morgan fingerprint density at radius 2 is 2.38 bits per heavy atom. The number of ether oxygens (including phenoxy) is 1. The van der Waals surface area contributed by atoms with Gasteiger partial charge in [-0.1, -0.05) is 0 Å². The van der Waals surface area contributed by atoms with Gasteiger partial charge in [-0.05, 0) is 13.3 Å². The fraction of sp³-hybridized carbons (Fsp3) is 0.778. The molecule has 1 saturated heterocycles. The second-order valence-electron chi connectivity index (χ2n) is 3.26. The van der Waals surface area contributed by atoms with Gasteiger partial charge in [0.25, 0.3) is 0 Å². The Bertz CT molecular complexity index is 215. The summed E-state index contributed by atoms with van der Waals surface area (Å²) in [7, 11) is 1.72.